The van der Waals surface area contributed by atoms with Crippen molar-refractivity contribution in [3.63, 3.8) is 0 Å². The van der Waals surface area contributed by atoms with E-state index in [0.717, 1.165) is 49.7 Å². The monoisotopic (exact) mass is 403 g/mol. The van der Waals surface area contributed by atoms with Gasteiger partial charge >= 0.3 is 0 Å². The van der Waals surface area contributed by atoms with Crippen molar-refractivity contribution in [1.82, 2.24) is 10.0 Å². The molecule has 2 heterocycles. The van der Waals surface area contributed by atoms with E-state index in [1.807, 2.05) is 18.2 Å². The molecule has 4 nitrogen and oxygen atoms in total. The van der Waals surface area contributed by atoms with Gasteiger partial charge in [-0.2, -0.15) is 0 Å². The number of benzene rings is 1. The van der Waals surface area contributed by atoms with Gasteiger partial charge in [-0.05, 0) is 31.5 Å². The van der Waals surface area contributed by atoms with Gasteiger partial charge in [0.1, 0.15) is 4.87 Å². The zero-order chi connectivity index (χ0) is 17.2. The fourth-order valence-electron chi connectivity index (χ4n) is 3.57. The van der Waals surface area contributed by atoms with Crippen molar-refractivity contribution < 1.29 is 4.79 Å². The van der Waals surface area contributed by atoms with Gasteiger partial charge < -0.3 is 4.90 Å². The minimum absolute atomic E-state index is 0. The molecule has 2 aliphatic rings. The molecule has 0 N–H and O–H groups in total. The van der Waals surface area contributed by atoms with E-state index in [9.17, 15) is 4.79 Å². The van der Waals surface area contributed by atoms with E-state index in [4.69, 9.17) is 11.6 Å². The Morgan fingerprint density at radius 2 is 1.96 bits per heavy atom. The Kier molecular flexibility index (Phi) is 7.32. The SMILES string of the molecule is CCCCC1(C)SCC(=O)N1N1CCN(c2cccc(Cl)c2)CC1.Cl. The third kappa shape index (κ3) is 4.57. The molecule has 1 aromatic carbocycles. The van der Waals surface area contributed by atoms with Gasteiger partial charge in [0.05, 0.1) is 5.75 Å². The van der Waals surface area contributed by atoms with E-state index in [1.165, 1.54) is 6.42 Å². The maximum absolute atomic E-state index is 12.5. The summed E-state index contributed by atoms with van der Waals surface area (Å²) in [4.78, 5) is 14.7. The van der Waals surface area contributed by atoms with Crippen LogP contribution in [-0.2, 0) is 4.79 Å². The molecular formula is C18H27Cl2N3OS. The van der Waals surface area contributed by atoms with Crippen LogP contribution in [0.3, 0.4) is 0 Å². The van der Waals surface area contributed by atoms with Crippen molar-refractivity contribution in [2.75, 3.05) is 36.8 Å². The number of carbonyl (C=O) groups is 1. The lowest BCUT2D eigenvalue weighted by Crippen LogP contribution is -2.59. The minimum atomic E-state index is -0.0781. The summed E-state index contributed by atoms with van der Waals surface area (Å²) in [6, 6.07) is 8.01. The second-order valence-corrected chi connectivity index (χ2v) is 8.59. The number of halogens is 2. The zero-order valence-electron chi connectivity index (χ0n) is 14.9. The Morgan fingerprint density at radius 1 is 1.24 bits per heavy atom. The summed E-state index contributed by atoms with van der Waals surface area (Å²) < 4.78 is 0. The first-order chi connectivity index (χ1) is 11.5. The summed E-state index contributed by atoms with van der Waals surface area (Å²) >= 11 is 7.91. The van der Waals surface area contributed by atoms with Crippen LogP contribution in [-0.4, -0.2) is 52.7 Å². The molecule has 140 valence electrons. The molecule has 2 fully saturated rings. The van der Waals surface area contributed by atoms with Gasteiger partial charge in [-0.25, -0.2) is 5.01 Å². The molecule has 0 saturated carbocycles. The number of unbranched alkanes of at least 4 members (excludes halogenated alkanes) is 1. The molecule has 0 aromatic heterocycles. The molecule has 2 saturated heterocycles. The third-order valence-electron chi connectivity index (χ3n) is 4.90. The second-order valence-electron chi connectivity index (χ2n) is 6.69. The lowest BCUT2D eigenvalue weighted by atomic mass is 10.1. The maximum atomic E-state index is 12.5. The van der Waals surface area contributed by atoms with Crippen LogP contribution in [0.4, 0.5) is 5.69 Å². The van der Waals surface area contributed by atoms with Crippen LogP contribution < -0.4 is 4.90 Å². The molecule has 1 amide bonds. The summed E-state index contributed by atoms with van der Waals surface area (Å²) in [6.45, 7) is 8.01. The number of anilines is 1. The molecule has 25 heavy (non-hydrogen) atoms. The van der Waals surface area contributed by atoms with Crippen molar-refractivity contribution in [1.29, 1.82) is 0 Å². The topological polar surface area (TPSA) is 26.8 Å². The van der Waals surface area contributed by atoms with E-state index < -0.39 is 0 Å². The van der Waals surface area contributed by atoms with Crippen LogP contribution in [0.2, 0.25) is 5.02 Å². The van der Waals surface area contributed by atoms with E-state index >= 15 is 0 Å². The van der Waals surface area contributed by atoms with E-state index in [0.29, 0.717) is 5.75 Å². The lowest BCUT2D eigenvalue weighted by Gasteiger charge is -2.46. The molecule has 1 atom stereocenters. The molecule has 1 unspecified atom stereocenters. The fraction of sp³-hybridized carbons (Fsp3) is 0.611. The normalized spacial score (nSPS) is 24.5. The fourth-order valence-corrected chi connectivity index (χ4v) is 4.94. The molecule has 0 bridgehead atoms. The average molecular weight is 404 g/mol. The standard InChI is InChI=1S/C18H26ClN3OS.ClH/c1-3-4-8-18(2)22(17(23)14-24-18)21-11-9-20(10-12-21)16-7-5-6-15(19)13-16;/h5-7,13H,3-4,8-12,14H2,1-2H3;1H. The van der Waals surface area contributed by atoms with Crippen LogP contribution in [0.15, 0.2) is 24.3 Å². The van der Waals surface area contributed by atoms with Gasteiger partial charge in [-0.15, -0.1) is 24.2 Å². The zero-order valence-corrected chi connectivity index (χ0v) is 17.3. The largest absolute Gasteiger partial charge is 0.369 e. The van der Waals surface area contributed by atoms with Gasteiger partial charge in [-0.3, -0.25) is 9.80 Å². The van der Waals surface area contributed by atoms with Crippen molar-refractivity contribution >= 4 is 47.4 Å². The van der Waals surface area contributed by atoms with Gasteiger partial charge in [0.2, 0.25) is 5.91 Å². The van der Waals surface area contributed by atoms with E-state index in [-0.39, 0.29) is 23.2 Å². The molecule has 7 heteroatoms. The third-order valence-corrected chi connectivity index (χ3v) is 6.52. The summed E-state index contributed by atoms with van der Waals surface area (Å²) in [5, 5.41) is 5.09. The first kappa shape index (κ1) is 20.7. The average Bonchev–Trinajstić information content (AvgIpc) is 2.88. The van der Waals surface area contributed by atoms with Gasteiger partial charge in [-0.1, -0.05) is 37.4 Å². The Labute approximate surface area is 166 Å². The van der Waals surface area contributed by atoms with Crippen LogP contribution in [0.1, 0.15) is 33.1 Å². The molecular weight excluding hydrogens is 377 g/mol. The lowest BCUT2D eigenvalue weighted by molar-refractivity contribution is -0.153. The van der Waals surface area contributed by atoms with Gasteiger partial charge in [0, 0.05) is 36.9 Å². The van der Waals surface area contributed by atoms with E-state index in [1.54, 1.807) is 11.8 Å². The molecule has 3 rings (SSSR count). The first-order valence-electron chi connectivity index (χ1n) is 8.76. The van der Waals surface area contributed by atoms with E-state index in [2.05, 4.69) is 34.8 Å². The van der Waals surface area contributed by atoms with Crippen LogP contribution in [0.25, 0.3) is 0 Å². The van der Waals surface area contributed by atoms with Gasteiger partial charge in [0.15, 0.2) is 0 Å². The Balaban J connectivity index is 0.00000225. The summed E-state index contributed by atoms with van der Waals surface area (Å²) in [6.07, 6.45) is 3.39. The minimum Gasteiger partial charge on any atom is -0.369 e. The van der Waals surface area contributed by atoms with Crippen LogP contribution in [0.5, 0.6) is 0 Å². The highest BCUT2D eigenvalue weighted by atomic mass is 35.5. The molecule has 1 aromatic rings. The Bertz CT molecular complexity index is 595. The first-order valence-corrected chi connectivity index (χ1v) is 10.1. The molecule has 0 spiro atoms. The predicted molar refractivity (Wildman–Crippen MR) is 110 cm³/mol. The Hall–Kier alpha value is -0.620. The second kappa shape index (κ2) is 8.85. The van der Waals surface area contributed by atoms with Crippen molar-refractivity contribution in [3.05, 3.63) is 29.3 Å². The van der Waals surface area contributed by atoms with Crippen molar-refractivity contribution in [2.45, 2.75) is 38.0 Å². The maximum Gasteiger partial charge on any atom is 0.248 e. The highest BCUT2D eigenvalue weighted by Gasteiger charge is 2.45. The highest BCUT2D eigenvalue weighted by molar-refractivity contribution is 8.01. The molecule has 0 aliphatic carbocycles. The number of carbonyl (C=O) groups excluding carboxylic acids is 1. The molecule has 2 aliphatic heterocycles. The summed E-state index contributed by atoms with van der Waals surface area (Å²) in [5.74, 6) is 0.865. The number of piperazine rings is 1. The number of hydrogen-bond donors (Lipinski definition) is 0. The van der Waals surface area contributed by atoms with Crippen molar-refractivity contribution in [3.8, 4) is 0 Å². The molecule has 0 radical (unpaired) electrons. The van der Waals surface area contributed by atoms with Crippen LogP contribution in [0, 0.1) is 0 Å². The summed E-state index contributed by atoms with van der Waals surface area (Å²) in [5.41, 5.74) is 1.16. The number of thioether (sulfide) groups is 1. The quantitative estimate of drug-likeness (QED) is 0.732. The van der Waals surface area contributed by atoms with Crippen LogP contribution >= 0.6 is 35.8 Å². The summed E-state index contributed by atoms with van der Waals surface area (Å²) in [7, 11) is 0. The van der Waals surface area contributed by atoms with Gasteiger partial charge in [0.25, 0.3) is 0 Å². The number of amides is 1. The number of nitrogens with zero attached hydrogens (tertiary/aromatic N) is 3. The van der Waals surface area contributed by atoms with Crippen molar-refractivity contribution in [2.24, 2.45) is 0 Å². The predicted octanol–water partition coefficient (Wildman–Crippen LogP) is 4.28. The number of hydrazine groups is 1. The number of hydrogen-bond acceptors (Lipinski definition) is 4. The smallest absolute Gasteiger partial charge is 0.248 e. The Morgan fingerprint density at radius 3 is 2.60 bits per heavy atom. The number of rotatable bonds is 5. The highest BCUT2D eigenvalue weighted by Crippen LogP contribution is 2.41.